The zero-order valence-corrected chi connectivity index (χ0v) is 15.4. The Labute approximate surface area is 149 Å². The largest absolute Gasteiger partial charge is 0.466 e. The van der Waals surface area contributed by atoms with E-state index in [1.165, 1.54) is 19.3 Å². The molecule has 0 aliphatic rings. The lowest BCUT2D eigenvalue weighted by molar-refractivity contribution is -0.144. The van der Waals surface area contributed by atoms with E-state index in [9.17, 15) is 9.59 Å². The second-order valence-electron chi connectivity index (χ2n) is 5.87. The van der Waals surface area contributed by atoms with Gasteiger partial charge in [-0.25, -0.2) is 0 Å². The molecule has 5 heteroatoms. The summed E-state index contributed by atoms with van der Waals surface area (Å²) in [6.45, 7) is 4.48. The van der Waals surface area contributed by atoms with Gasteiger partial charge < -0.3 is 9.47 Å². The Balaban J connectivity index is 2.11. The lowest BCUT2D eigenvalue weighted by Crippen LogP contribution is -2.10. The van der Waals surface area contributed by atoms with Crippen molar-refractivity contribution in [1.29, 1.82) is 0 Å². The highest BCUT2D eigenvalue weighted by atomic mass is 35.5. The number of benzene rings is 1. The zero-order chi connectivity index (χ0) is 17.8. The Kier molecular flexibility index (Phi) is 10.2. The van der Waals surface area contributed by atoms with E-state index in [-0.39, 0.29) is 24.8 Å². The maximum atomic E-state index is 11.7. The molecule has 0 spiro atoms. The molecular weight excluding hydrogens is 328 g/mol. The molecule has 0 atom stereocenters. The van der Waals surface area contributed by atoms with E-state index < -0.39 is 0 Å². The number of hydrogen-bond acceptors (Lipinski definition) is 4. The summed E-state index contributed by atoms with van der Waals surface area (Å²) < 4.78 is 10.4. The third kappa shape index (κ3) is 8.92. The molecule has 0 aliphatic carbocycles. The number of aryl methyl sites for hydroxylation is 1. The minimum Gasteiger partial charge on any atom is -0.466 e. The molecular formula is C19H27ClO4. The summed E-state index contributed by atoms with van der Waals surface area (Å²) in [7, 11) is 0. The Morgan fingerprint density at radius 1 is 1.00 bits per heavy atom. The standard InChI is InChI=1S/C19H27ClO4/c1-3-4-5-6-7-13-23-18(21)9-8-10-19(22)24-16-11-12-17(20)15(2)14-16/h11-12,14H,3-10,13H2,1-2H3. The van der Waals surface area contributed by atoms with Crippen LogP contribution in [0.5, 0.6) is 5.75 Å². The van der Waals surface area contributed by atoms with Gasteiger partial charge in [0, 0.05) is 17.9 Å². The summed E-state index contributed by atoms with van der Waals surface area (Å²) in [4.78, 5) is 23.3. The van der Waals surface area contributed by atoms with Crippen LogP contribution in [0.15, 0.2) is 18.2 Å². The summed E-state index contributed by atoms with van der Waals surface area (Å²) in [5.41, 5.74) is 0.851. The lowest BCUT2D eigenvalue weighted by atomic mass is 10.2. The van der Waals surface area contributed by atoms with Crippen molar-refractivity contribution in [3.8, 4) is 5.75 Å². The van der Waals surface area contributed by atoms with Gasteiger partial charge in [0.05, 0.1) is 6.61 Å². The van der Waals surface area contributed by atoms with Crippen LogP contribution < -0.4 is 4.74 Å². The second kappa shape index (κ2) is 11.9. The fourth-order valence-corrected chi connectivity index (χ4v) is 2.32. The van der Waals surface area contributed by atoms with Crippen LogP contribution in [0.25, 0.3) is 0 Å². The molecule has 0 saturated carbocycles. The molecule has 0 fully saturated rings. The lowest BCUT2D eigenvalue weighted by Gasteiger charge is -2.06. The number of unbranched alkanes of at least 4 members (excludes halogenated alkanes) is 4. The van der Waals surface area contributed by atoms with Gasteiger partial charge in [0.1, 0.15) is 5.75 Å². The molecule has 0 N–H and O–H groups in total. The first-order chi connectivity index (χ1) is 11.5. The van der Waals surface area contributed by atoms with Crippen molar-refractivity contribution in [2.45, 2.75) is 65.2 Å². The molecule has 0 saturated heterocycles. The van der Waals surface area contributed by atoms with E-state index >= 15 is 0 Å². The molecule has 134 valence electrons. The number of rotatable bonds is 11. The van der Waals surface area contributed by atoms with Gasteiger partial charge in [0.2, 0.25) is 0 Å². The van der Waals surface area contributed by atoms with Crippen LogP contribution in [0.2, 0.25) is 5.02 Å². The summed E-state index contributed by atoms with van der Waals surface area (Å²) in [5, 5.41) is 0.632. The van der Waals surface area contributed by atoms with E-state index in [4.69, 9.17) is 21.1 Å². The average molecular weight is 355 g/mol. The van der Waals surface area contributed by atoms with Crippen molar-refractivity contribution in [2.24, 2.45) is 0 Å². The Morgan fingerprint density at radius 3 is 2.42 bits per heavy atom. The Bertz CT molecular complexity index is 528. The van der Waals surface area contributed by atoms with Crippen LogP contribution >= 0.6 is 11.6 Å². The molecule has 0 aromatic heterocycles. The van der Waals surface area contributed by atoms with Crippen molar-refractivity contribution in [3.05, 3.63) is 28.8 Å². The molecule has 4 nitrogen and oxygen atoms in total. The third-order valence-electron chi connectivity index (χ3n) is 3.63. The van der Waals surface area contributed by atoms with E-state index in [2.05, 4.69) is 6.92 Å². The summed E-state index contributed by atoms with van der Waals surface area (Å²) >= 11 is 5.92. The molecule has 24 heavy (non-hydrogen) atoms. The average Bonchev–Trinajstić information content (AvgIpc) is 2.54. The van der Waals surface area contributed by atoms with Gasteiger partial charge in [-0.05, 0) is 43.5 Å². The maximum absolute atomic E-state index is 11.7. The van der Waals surface area contributed by atoms with E-state index in [0.717, 1.165) is 18.4 Å². The number of carbonyl (C=O) groups excluding carboxylic acids is 2. The fourth-order valence-electron chi connectivity index (χ4n) is 2.20. The van der Waals surface area contributed by atoms with Crippen LogP contribution in [0, 0.1) is 6.92 Å². The molecule has 1 aromatic carbocycles. The van der Waals surface area contributed by atoms with Gasteiger partial charge >= 0.3 is 11.9 Å². The predicted octanol–water partition coefficient (Wildman–Crippen LogP) is 5.24. The van der Waals surface area contributed by atoms with Gasteiger partial charge in [0.25, 0.3) is 0 Å². The highest BCUT2D eigenvalue weighted by Crippen LogP contribution is 2.21. The first-order valence-corrected chi connectivity index (χ1v) is 9.03. The molecule has 0 heterocycles. The summed E-state index contributed by atoms with van der Waals surface area (Å²) in [6.07, 6.45) is 6.47. The maximum Gasteiger partial charge on any atom is 0.311 e. The van der Waals surface area contributed by atoms with Gasteiger partial charge in [-0.2, -0.15) is 0 Å². The number of carbonyl (C=O) groups is 2. The summed E-state index contributed by atoms with van der Waals surface area (Å²) in [5.74, 6) is -0.138. The highest BCUT2D eigenvalue weighted by Gasteiger charge is 2.09. The van der Waals surface area contributed by atoms with Crippen molar-refractivity contribution in [2.75, 3.05) is 6.61 Å². The molecule has 0 amide bonds. The number of hydrogen-bond donors (Lipinski definition) is 0. The minimum absolute atomic E-state index is 0.188. The van der Waals surface area contributed by atoms with Crippen LogP contribution in [0.1, 0.15) is 63.9 Å². The third-order valence-corrected chi connectivity index (χ3v) is 4.06. The minimum atomic E-state index is -0.357. The zero-order valence-electron chi connectivity index (χ0n) is 14.6. The van der Waals surface area contributed by atoms with E-state index in [1.54, 1.807) is 18.2 Å². The normalized spacial score (nSPS) is 10.5. The molecule has 0 bridgehead atoms. The van der Waals surface area contributed by atoms with Gasteiger partial charge in [-0.3, -0.25) is 9.59 Å². The van der Waals surface area contributed by atoms with Crippen molar-refractivity contribution in [1.82, 2.24) is 0 Å². The SMILES string of the molecule is CCCCCCCOC(=O)CCCC(=O)Oc1ccc(Cl)c(C)c1. The predicted molar refractivity (Wildman–Crippen MR) is 95.4 cm³/mol. The molecule has 0 radical (unpaired) electrons. The molecule has 0 aliphatic heterocycles. The Hall–Kier alpha value is -1.55. The van der Waals surface area contributed by atoms with E-state index in [0.29, 0.717) is 23.8 Å². The number of ether oxygens (including phenoxy) is 2. The first kappa shape index (κ1) is 20.5. The van der Waals surface area contributed by atoms with Crippen molar-refractivity contribution >= 4 is 23.5 Å². The smallest absolute Gasteiger partial charge is 0.311 e. The van der Waals surface area contributed by atoms with Crippen molar-refractivity contribution < 1.29 is 19.1 Å². The molecule has 0 unspecified atom stereocenters. The van der Waals surface area contributed by atoms with Crippen molar-refractivity contribution in [3.63, 3.8) is 0 Å². The molecule has 1 rings (SSSR count). The molecule has 1 aromatic rings. The number of esters is 2. The van der Waals surface area contributed by atoms with E-state index in [1.807, 2.05) is 6.92 Å². The summed E-state index contributed by atoms with van der Waals surface area (Å²) in [6, 6.07) is 5.06. The highest BCUT2D eigenvalue weighted by molar-refractivity contribution is 6.31. The van der Waals surface area contributed by atoms with Gasteiger partial charge in [-0.1, -0.05) is 44.2 Å². The monoisotopic (exact) mass is 354 g/mol. The fraction of sp³-hybridized carbons (Fsp3) is 0.579. The Morgan fingerprint density at radius 2 is 1.71 bits per heavy atom. The first-order valence-electron chi connectivity index (χ1n) is 8.65. The van der Waals surface area contributed by atoms with Crippen LogP contribution in [-0.4, -0.2) is 18.5 Å². The second-order valence-corrected chi connectivity index (χ2v) is 6.28. The van der Waals surface area contributed by atoms with Crippen LogP contribution in [0.4, 0.5) is 0 Å². The number of halogens is 1. The topological polar surface area (TPSA) is 52.6 Å². The van der Waals surface area contributed by atoms with Crippen LogP contribution in [0.3, 0.4) is 0 Å². The van der Waals surface area contributed by atoms with Gasteiger partial charge in [-0.15, -0.1) is 0 Å². The van der Waals surface area contributed by atoms with Crippen LogP contribution in [-0.2, 0) is 14.3 Å². The van der Waals surface area contributed by atoms with Gasteiger partial charge in [0.15, 0.2) is 0 Å². The quantitative estimate of drug-likeness (QED) is 0.310.